The Morgan fingerprint density at radius 3 is 2.58 bits per heavy atom. The molecule has 120 valence electrons. The van der Waals surface area contributed by atoms with Crippen molar-refractivity contribution in [2.75, 3.05) is 10.3 Å². The minimum atomic E-state index is -0.607. The lowest BCUT2D eigenvalue weighted by atomic mass is 10.2. The molecule has 3 aromatic rings. The number of aromatic nitrogens is 1. The van der Waals surface area contributed by atoms with Crippen molar-refractivity contribution in [3.8, 4) is 0 Å². The molecule has 7 heteroatoms. The molecule has 2 amide bonds. The Kier molecular flexibility index (Phi) is 3.72. The molecule has 6 nitrogen and oxygen atoms in total. The third-order valence-electron chi connectivity index (χ3n) is 3.81. The number of imide groups is 1. The number of nitrogens with one attached hydrogen (secondary N) is 2. The quantitative estimate of drug-likeness (QED) is 0.565. The van der Waals surface area contributed by atoms with Crippen LogP contribution in [0.15, 0.2) is 54.6 Å². The van der Waals surface area contributed by atoms with Gasteiger partial charge in [0.05, 0.1) is 22.3 Å². The van der Waals surface area contributed by atoms with Crippen LogP contribution in [0.5, 0.6) is 0 Å². The minimum Gasteiger partial charge on any atom is -0.296 e. The van der Waals surface area contributed by atoms with Crippen LogP contribution in [-0.2, 0) is 9.59 Å². The van der Waals surface area contributed by atoms with Crippen LogP contribution in [0.2, 0.25) is 0 Å². The van der Waals surface area contributed by atoms with Gasteiger partial charge in [-0.1, -0.05) is 41.7 Å². The summed E-state index contributed by atoms with van der Waals surface area (Å²) < 4.78 is 1.06. The van der Waals surface area contributed by atoms with Crippen molar-refractivity contribution in [3.63, 3.8) is 0 Å². The standard InChI is InChI=1S/C17H14N4O2S/c22-15-10-13(16(23)21(15)11-6-2-1-3-7-11)19-20-17-18-12-8-4-5-9-14(12)24-17/h1-9,13,19H,10H2,(H,18,20)/t13-/m0/s1. The summed E-state index contributed by atoms with van der Waals surface area (Å²) >= 11 is 1.49. The predicted molar refractivity (Wildman–Crippen MR) is 93.7 cm³/mol. The number of carbonyl (C=O) groups excluding carboxylic acids is 2. The van der Waals surface area contributed by atoms with Gasteiger partial charge in [-0.15, -0.1) is 0 Å². The number of amides is 2. The molecule has 0 saturated carbocycles. The van der Waals surface area contributed by atoms with Crippen LogP contribution >= 0.6 is 11.3 Å². The van der Waals surface area contributed by atoms with E-state index in [1.807, 2.05) is 30.3 Å². The summed E-state index contributed by atoms with van der Waals surface area (Å²) in [6, 6.07) is 16.1. The number of fused-ring (bicyclic) bond motifs is 1. The second-order valence-electron chi connectivity index (χ2n) is 5.42. The van der Waals surface area contributed by atoms with Crippen LogP contribution in [0.3, 0.4) is 0 Å². The topological polar surface area (TPSA) is 74.3 Å². The number of hydrogen-bond acceptors (Lipinski definition) is 6. The van der Waals surface area contributed by atoms with E-state index in [1.165, 1.54) is 16.2 Å². The van der Waals surface area contributed by atoms with Gasteiger partial charge in [0.15, 0.2) is 5.13 Å². The molecule has 0 aliphatic carbocycles. The molecule has 1 fully saturated rings. The first-order valence-corrected chi connectivity index (χ1v) is 8.33. The van der Waals surface area contributed by atoms with E-state index in [0.717, 1.165) is 10.2 Å². The molecule has 0 radical (unpaired) electrons. The third kappa shape index (κ3) is 2.64. The van der Waals surface area contributed by atoms with E-state index in [-0.39, 0.29) is 18.2 Å². The van der Waals surface area contributed by atoms with Crippen LogP contribution in [-0.4, -0.2) is 22.8 Å². The zero-order chi connectivity index (χ0) is 16.5. The van der Waals surface area contributed by atoms with Crippen LogP contribution in [0.4, 0.5) is 10.8 Å². The Morgan fingerprint density at radius 2 is 1.79 bits per heavy atom. The SMILES string of the molecule is O=C1C[C@H](NNc2nc3ccccc3s2)C(=O)N1c1ccccc1. The van der Waals surface area contributed by atoms with E-state index in [2.05, 4.69) is 15.8 Å². The number of carbonyl (C=O) groups is 2. The fourth-order valence-corrected chi connectivity index (χ4v) is 3.49. The van der Waals surface area contributed by atoms with Gasteiger partial charge in [-0.3, -0.25) is 15.0 Å². The number of hydrazine groups is 1. The van der Waals surface area contributed by atoms with Crippen molar-refractivity contribution in [1.29, 1.82) is 0 Å². The lowest BCUT2D eigenvalue weighted by molar-refractivity contribution is -0.121. The molecular formula is C17H14N4O2S. The zero-order valence-corrected chi connectivity index (χ0v) is 13.4. The van der Waals surface area contributed by atoms with Crippen molar-refractivity contribution in [2.24, 2.45) is 0 Å². The second-order valence-corrected chi connectivity index (χ2v) is 6.45. The number of rotatable bonds is 4. The maximum absolute atomic E-state index is 12.5. The van der Waals surface area contributed by atoms with Gasteiger partial charge in [0.1, 0.15) is 6.04 Å². The van der Waals surface area contributed by atoms with Crippen LogP contribution in [0.1, 0.15) is 6.42 Å². The highest BCUT2D eigenvalue weighted by Crippen LogP contribution is 2.26. The summed E-state index contributed by atoms with van der Waals surface area (Å²) in [6.07, 6.45) is 0.117. The number of benzene rings is 2. The van der Waals surface area contributed by atoms with Gasteiger partial charge in [-0.2, -0.15) is 0 Å². The molecular weight excluding hydrogens is 324 g/mol. The largest absolute Gasteiger partial charge is 0.296 e. The monoisotopic (exact) mass is 338 g/mol. The lowest BCUT2D eigenvalue weighted by Gasteiger charge is -2.15. The molecule has 1 atom stereocenters. The van der Waals surface area contributed by atoms with Crippen LogP contribution in [0.25, 0.3) is 10.2 Å². The maximum Gasteiger partial charge on any atom is 0.253 e. The van der Waals surface area contributed by atoms with Crippen LogP contribution in [0, 0.1) is 0 Å². The molecule has 1 aliphatic heterocycles. The summed E-state index contributed by atoms with van der Waals surface area (Å²) in [5.74, 6) is -0.477. The van der Waals surface area contributed by atoms with Crippen molar-refractivity contribution < 1.29 is 9.59 Å². The fourth-order valence-electron chi connectivity index (χ4n) is 2.67. The highest BCUT2D eigenvalue weighted by Gasteiger charge is 2.39. The summed E-state index contributed by atoms with van der Waals surface area (Å²) in [6.45, 7) is 0. The molecule has 4 rings (SSSR count). The molecule has 0 unspecified atom stereocenters. The maximum atomic E-state index is 12.5. The van der Waals surface area contributed by atoms with Crippen molar-refractivity contribution in [1.82, 2.24) is 10.4 Å². The highest BCUT2D eigenvalue weighted by molar-refractivity contribution is 7.22. The Labute approximate surface area is 142 Å². The molecule has 1 aliphatic rings. The summed E-state index contributed by atoms with van der Waals surface area (Å²) in [7, 11) is 0. The molecule has 1 aromatic heterocycles. The van der Waals surface area contributed by atoms with E-state index in [9.17, 15) is 9.59 Å². The van der Waals surface area contributed by atoms with Gasteiger partial charge in [-0.25, -0.2) is 15.3 Å². The molecule has 2 aromatic carbocycles. The van der Waals surface area contributed by atoms with E-state index in [4.69, 9.17) is 0 Å². The first-order valence-electron chi connectivity index (χ1n) is 7.51. The minimum absolute atomic E-state index is 0.117. The Bertz CT molecular complexity index is 876. The van der Waals surface area contributed by atoms with Crippen LogP contribution < -0.4 is 15.8 Å². The van der Waals surface area contributed by atoms with Crippen molar-refractivity contribution in [2.45, 2.75) is 12.5 Å². The Hall–Kier alpha value is -2.77. The Balaban J connectivity index is 1.47. The predicted octanol–water partition coefficient (Wildman–Crippen LogP) is 2.54. The molecule has 24 heavy (non-hydrogen) atoms. The first-order chi connectivity index (χ1) is 11.7. The van der Waals surface area contributed by atoms with E-state index in [0.29, 0.717) is 10.8 Å². The number of thiazole rings is 1. The molecule has 1 saturated heterocycles. The summed E-state index contributed by atoms with van der Waals surface area (Å²) in [5, 5.41) is 0.662. The van der Waals surface area contributed by atoms with E-state index >= 15 is 0 Å². The third-order valence-corrected chi connectivity index (χ3v) is 4.76. The summed E-state index contributed by atoms with van der Waals surface area (Å²) in [4.78, 5) is 30.3. The number of para-hydroxylation sites is 2. The van der Waals surface area contributed by atoms with Gasteiger partial charge < -0.3 is 0 Å². The van der Waals surface area contributed by atoms with E-state index in [1.54, 1.807) is 24.3 Å². The highest BCUT2D eigenvalue weighted by atomic mass is 32.1. The summed E-state index contributed by atoms with van der Waals surface area (Å²) in [5.41, 5.74) is 7.37. The fraction of sp³-hybridized carbons (Fsp3) is 0.118. The Morgan fingerprint density at radius 1 is 1.04 bits per heavy atom. The first kappa shape index (κ1) is 14.8. The number of nitrogens with zero attached hydrogens (tertiary/aromatic N) is 2. The molecule has 2 N–H and O–H groups in total. The number of hydrogen-bond donors (Lipinski definition) is 2. The smallest absolute Gasteiger partial charge is 0.253 e. The molecule has 0 spiro atoms. The van der Waals surface area contributed by atoms with Gasteiger partial charge in [0.2, 0.25) is 5.91 Å². The lowest BCUT2D eigenvalue weighted by Crippen LogP contribution is -2.41. The van der Waals surface area contributed by atoms with E-state index < -0.39 is 6.04 Å². The number of anilines is 2. The average Bonchev–Trinajstić information content (AvgIpc) is 3.14. The van der Waals surface area contributed by atoms with Crippen molar-refractivity contribution in [3.05, 3.63) is 54.6 Å². The second kappa shape index (κ2) is 6.03. The zero-order valence-electron chi connectivity index (χ0n) is 12.6. The molecule has 2 heterocycles. The normalized spacial score (nSPS) is 17.7. The average molecular weight is 338 g/mol. The van der Waals surface area contributed by atoms with Gasteiger partial charge in [0, 0.05) is 0 Å². The molecule has 0 bridgehead atoms. The van der Waals surface area contributed by atoms with Gasteiger partial charge in [0.25, 0.3) is 5.91 Å². The van der Waals surface area contributed by atoms with Crippen molar-refractivity contribution >= 4 is 44.2 Å². The van der Waals surface area contributed by atoms with Gasteiger partial charge in [-0.05, 0) is 24.3 Å². The van der Waals surface area contributed by atoms with Gasteiger partial charge >= 0.3 is 0 Å².